The Kier molecular flexibility index (Phi) is 3.68. The van der Waals surface area contributed by atoms with Gasteiger partial charge >= 0.3 is 0 Å². The first-order valence-electron chi connectivity index (χ1n) is 7.05. The minimum absolute atomic E-state index is 0.171. The average molecular weight is 260 g/mol. The Hall–Kier alpha value is -1.35. The SMILES string of the molecule is CCC(N)CCc1ccc2c(c1)C(C)(C)C(=O)N2C. The molecular weight excluding hydrogens is 236 g/mol. The van der Waals surface area contributed by atoms with Crippen LogP contribution in [0.5, 0.6) is 0 Å². The van der Waals surface area contributed by atoms with Crippen molar-refractivity contribution in [2.45, 2.75) is 51.5 Å². The predicted molar refractivity (Wildman–Crippen MR) is 79.5 cm³/mol. The van der Waals surface area contributed by atoms with E-state index in [1.54, 1.807) is 4.90 Å². The first-order valence-corrected chi connectivity index (χ1v) is 7.05. The summed E-state index contributed by atoms with van der Waals surface area (Å²) in [5, 5.41) is 0. The lowest BCUT2D eigenvalue weighted by molar-refractivity contribution is -0.121. The molecule has 0 saturated heterocycles. The van der Waals surface area contributed by atoms with Gasteiger partial charge in [-0.3, -0.25) is 4.79 Å². The molecule has 1 atom stereocenters. The summed E-state index contributed by atoms with van der Waals surface area (Å²) in [5.74, 6) is 0.171. The predicted octanol–water partition coefficient (Wildman–Crippen LogP) is 2.61. The molecule has 1 aliphatic rings. The topological polar surface area (TPSA) is 46.3 Å². The average Bonchev–Trinajstić information content (AvgIpc) is 2.57. The number of benzene rings is 1. The van der Waals surface area contributed by atoms with Gasteiger partial charge in [0.25, 0.3) is 0 Å². The van der Waals surface area contributed by atoms with Crippen LogP contribution in [0.1, 0.15) is 44.7 Å². The fourth-order valence-electron chi connectivity index (χ4n) is 2.73. The summed E-state index contributed by atoms with van der Waals surface area (Å²) in [6.45, 7) is 6.11. The Bertz CT molecular complexity index is 494. The van der Waals surface area contributed by atoms with Crippen LogP contribution in [0.4, 0.5) is 5.69 Å². The van der Waals surface area contributed by atoms with Gasteiger partial charge in [-0.05, 0) is 50.3 Å². The van der Waals surface area contributed by atoms with E-state index >= 15 is 0 Å². The molecule has 0 aromatic heterocycles. The third-order valence-electron chi connectivity index (χ3n) is 4.26. The maximum atomic E-state index is 12.2. The van der Waals surface area contributed by atoms with E-state index < -0.39 is 5.41 Å². The van der Waals surface area contributed by atoms with Gasteiger partial charge in [-0.2, -0.15) is 0 Å². The second-order valence-corrected chi connectivity index (χ2v) is 6.05. The molecular formula is C16H24N2O. The molecule has 1 unspecified atom stereocenters. The molecule has 1 heterocycles. The number of likely N-dealkylation sites (N-methyl/N-ethyl adjacent to an activating group) is 1. The minimum Gasteiger partial charge on any atom is -0.328 e. The molecule has 3 heteroatoms. The maximum Gasteiger partial charge on any atom is 0.236 e. The summed E-state index contributed by atoms with van der Waals surface area (Å²) in [7, 11) is 1.85. The molecule has 1 aliphatic heterocycles. The van der Waals surface area contributed by atoms with Gasteiger partial charge in [0.1, 0.15) is 0 Å². The van der Waals surface area contributed by atoms with Crippen molar-refractivity contribution in [2.24, 2.45) is 5.73 Å². The highest BCUT2D eigenvalue weighted by Crippen LogP contribution is 2.41. The third kappa shape index (κ3) is 2.39. The number of aryl methyl sites for hydroxylation is 1. The quantitative estimate of drug-likeness (QED) is 0.904. The highest BCUT2D eigenvalue weighted by Gasteiger charge is 2.42. The second kappa shape index (κ2) is 4.97. The fraction of sp³-hybridized carbons (Fsp3) is 0.562. The molecule has 0 aliphatic carbocycles. The summed E-state index contributed by atoms with van der Waals surface area (Å²) in [6, 6.07) is 6.63. The normalized spacial score (nSPS) is 18.6. The van der Waals surface area contributed by atoms with Crippen LogP contribution >= 0.6 is 0 Å². The van der Waals surface area contributed by atoms with Gasteiger partial charge in [0.05, 0.1) is 5.41 Å². The first kappa shape index (κ1) is 14.1. The van der Waals surface area contributed by atoms with Crippen molar-refractivity contribution < 1.29 is 4.79 Å². The summed E-state index contributed by atoms with van der Waals surface area (Å²) < 4.78 is 0. The smallest absolute Gasteiger partial charge is 0.236 e. The first-order chi connectivity index (χ1) is 8.87. The number of hydrogen-bond donors (Lipinski definition) is 1. The number of rotatable bonds is 4. The zero-order valence-corrected chi connectivity index (χ0v) is 12.4. The standard InChI is InChI=1S/C16H24N2O/c1-5-12(17)8-6-11-7-9-14-13(10-11)16(2,3)15(19)18(14)4/h7,9-10,12H,5-6,8,17H2,1-4H3. The number of carbonyl (C=O) groups is 1. The number of nitrogens with two attached hydrogens (primary N) is 1. The van der Waals surface area contributed by atoms with Gasteiger partial charge in [-0.25, -0.2) is 0 Å². The van der Waals surface area contributed by atoms with Crippen LogP contribution in [-0.2, 0) is 16.6 Å². The van der Waals surface area contributed by atoms with Gasteiger partial charge in [0.15, 0.2) is 0 Å². The molecule has 0 spiro atoms. The Morgan fingerprint density at radius 2 is 2.05 bits per heavy atom. The number of fused-ring (bicyclic) bond motifs is 1. The highest BCUT2D eigenvalue weighted by atomic mass is 16.2. The van der Waals surface area contributed by atoms with Crippen LogP contribution in [-0.4, -0.2) is 19.0 Å². The van der Waals surface area contributed by atoms with Crippen molar-refractivity contribution in [3.05, 3.63) is 29.3 Å². The molecule has 0 radical (unpaired) electrons. The number of hydrogen-bond acceptors (Lipinski definition) is 2. The molecule has 2 N–H and O–H groups in total. The third-order valence-corrected chi connectivity index (χ3v) is 4.26. The van der Waals surface area contributed by atoms with Crippen LogP contribution in [0.2, 0.25) is 0 Å². The summed E-state index contributed by atoms with van der Waals surface area (Å²) >= 11 is 0. The van der Waals surface area contributed by atoms with E-state index in [0.717, 1.165) is 30.5 Å². The van der Waals surface area contributed by atoms with E-state index in [1.807, 2.05) is 20.9 Å². The molecule has 104 valence electrons. The van der Waals surface area contributed by atoms with Gasteiger partial charge in [-0.15, -0.1) is 0 Å². The van der Waals surface area contributed by atoms with E-state index in [2.05, 4.69) is 25.1 Å². The van der Waals surface area contributed by atoms with Crippen LogP contribution < -0.4 is 10.6 Å². The van der Waals surface area contributed by atoms with Crippen molar-refractivity contribution in [1.82, 2.24) is 0 Å². The van der Waals surface area contributed by atoms with Crippen LogP contribution in [0, 0.1) is 0 Å². The van der Waals surface area contributed by atoms with E-state index in [1.165, 1.54) is 5.56 Å². The van der Waals surface area contributed by atoms with Gasteiger partial charge in [-0.1, -0.05) is 19.1 Å². The van der Waals surface area contributed by atoms with Crippen molar-refractivity contribution >= 4 is 11.6 Å². The Morgan fingerprint density at radius 1 is 1.37 bits per heavy atom. The van der Waals surface area contributed by atoms with Crippen LogP contribution in [0.15, 0.2) is 18.2 Å². The van der Waals surface area contributed by atoms with Gasteiger partial charge < -0.3 is 10.6 Å². The minimum atomic E-state index is -0.410. The largest absolute Gasteiger partial charge is 0.328 e. The number of amides is 1. The Labute approximate surface area is 115 Å². The Balaban J connectivity index is 2.25. The fourth-order valence-corrected chi connectivity index (χ4v) is 2.73. The van der Waals surface area contributed by atoms with Gasteiger partial charge in [0, 0.05) is 18.8 Å². The van der Waals surface area contributed by atoms with E-state index in [9.17, 15) is 4.79 Å². The summed E-state index contributed by atoms with van der Waals surface area (Å²) in [6.07, 6.45) is 2.99. The molecule has 1 amide bonds. The number of carbonyl (C=O) groups excluding carboxylic acids is 1. The molecule has 1 aromatic rings. The highest BCUT2D eigenvalue weighted by molar-refractivity contribution is 6.07. The van der Waals surface area contributed by atoms with E-state index in [0.29, 0.717) is 0 Å². The summed E-state index contributed by atoms with van der Waals surface area (Å²) in [4.78, 5) is 14.0. The molecule has 3 nitrogen and oxygen atoms in total. The molecule has 19 heavy (non-hydrogen) atoms. The molecule has 0 bridgehead atoms. The lowest BCUT2D eigenvalue weighted by Gasteiger charge is -2.17. The van der Waals surface area contributed by atoms with E-state index in [4.69, 9.17) is 5.73 Å². The van der Waals surface area contributed by atoms with Crippen molar-refractivity contribution in [2.75, 3.05) is 11.9 Å². The zero-order chi connectivity index (χ0) is 14.2. The Morgan fingerprint density at radius 3 is 2.68 bits per heavy atom. The van der Waals surface area contributed by atoms with E-state index in [-0.39, 0.29) is 11.9 Å². The summed E-state index contributed by atoms with van der Waals surface area (Å²) in [5.41, 5.74) is 9.02. The molecule has 0 fully saturated rings. The molecule has 1 aromatic carbocycles. The molecule has 0 saturated carbocycles. The second-order valence-electron chi connectivity index (χ2n) is 6.05. The molecule has 2 rings (SSSR count). The van der Waals surface area contributed by atoms with Gasteiger partial charge in [0.2, 0.25) is 5.91 Å². The van der Waals surface area contributed by atoms with Crippen molar-refractivity contribution in [3.8, 4) is 0 Å². The number of anilines is 1. The van der Waals surface area contributed by atoms with Crippen LogP contribution in [0.3, 0.4) is 0 Å². The van der Waals surface area contributed by atoms with Crippen molar-refractivity contribution in [1.29, 1.82) is 0 Å². The van der Waals surface area contributed by atoms with Crippen molar-refractivity contribution in [3.63, 3.8) is 0 Å². The number of nitrogens with zero attached hydrogens (tertiary/aromatic N) is 1. The lowest BCUT2D eigenvalue weighted by atomic mass is 9.85. The zero-order valence-electron chi connectivity index (χ0n) is 12.4. The van der Waals surface area contributed by atoms with Crippen LogP contribution in [0.25, 0.3) is 0 Å². The monoisotopic (exact) mass is 260 g/mol. The lowest BCUT2D eigenvalue weighted by Crippen LogP contribution is -2.33. The maximum absolute atomic E-state index is 12.2.